The third kappa shape index (κ3) is 2.49. The average Bonchev–Trinajstić information content (AvgIpc) is 2.53. The van der Waals surface area contributed by atoms with E-state index in [-0.39, 0.29) is 0 Å². The van der Waals surface area contributed by atoms with Gasteiger partial charge in [0, 0.05) is 17.6 Å². The molecule has 3 aromatic rings. The van der Waals surface area contributed by atoms with E-state index in [4.69, 9.17) is 4.74 Å². The van der Waals surface area contributed by atoms with Crippen LogP contribution in [-0.2, 0) is 6.61 Å². The van der Waals surface area contributed by atoms with E-state index in [1.165, 1.54) is 0 Å². The van der Waals surface area contributed by atoms with Crippen LogP contribution < -0.4 is 4.74 Å². The molecule has 4 nitrogen and oxygen atoms in total. The van der Waals surface area contributed by atoms with Crippen molar-refractivity contribution >= 4 is 16.6 Å². The van der Waals surface area contributed by atoms with Crippen LogP contribution in [0.2, 0.25) is 0 Å². The van der Waals surface area contributed by atoms with Gasteiger partial charge in [-0.1, -0.05) is 36.4 Å². The standard InChI is InChI=1S/C16H12N2O2/c19-18-15-10-14(9-13-7-4-8-17-16(13)15)20-11-12-5-2-1-3-6-12/h1-10H,11H2. The molecule has 0 spiro atoms. The molecule has 3 rings (SSSR count). The van der Waals surface area contributed by atoms with Gasteiger partial charge in [-0.15, -0.1) is 4.91 Å². The number of fused-ring (bicyclic) bond motifs is 1. The molecule has 1 heterocycles. The first kappa shape index (κ1) is 12.3. The van der Waals surface area contributed by atoms with Gasteiger partial charge in [0.1, 0.15) is 18.0 Å². The van der Waals surface area contributed by atoms with Crippen LogP contribution in [0.15, 0.2) is 66.0 Å². The minimum Gasteiger partial charge on any atom is -0.489 e. The minimum absolute atomic E-state index is 0.297. The molecule has 0 saturated heterocycles. The van der Waals surface area contributed by atoms with Crippen molar-refractivity contribution in [3.63, 3.8) is 0 Å². The number of nitroso groups, excluding NO2 is 1. The lowest BCUT2D eigenvalue weighted by atomic mass is 10.2. The van der Waals surface area contributed by atoms with Gasteiger partial charge in [-0.05, 0) is 22.9 Å². The summed E-state index contributed by atoms with van der Waals surface area (Å²) >= 11 is 0. The van der Waals surface area contributed by atoms with E-state index in [9.17, 15) is 4.91 Å². The van der Waals surface area contributed by atoms with Gasteiger partial charge < -0.3 is 4.74 Å². The van der Waals surface area contributed by atoms with Crippen molar-refractivity contribution in [1.29, 1.82) is 0 Å². The third-order valence-corrected chi connectivity index (χ3v) is 3.00. The zero-order valence-corrected chi connectivity index (χ0v) is 10.7. The second-order valence-electron chi connectivity index (χ2n) is 4.38. The molecule has 0 unspecified atom stereocenters. The lowest BCUT2D eigenvalue weighted by Gasteiger charge is -2.08. The van der Waals surface area contributed by atoms with E-state index in [0.717, 1.165) is 10.9 Å². The number of hydrogen-bond acceptors (Lipinski definition) is 4. The number of rotatable bonds is 4. The SMILES string of the molecule is O=Nc1cc(OCc2ccccc2)cc2cccnc12. The first-order valence-electron chi connectivity index (χ1n) is 6.26. The highest BCUT2D eigenvalue weighted by Gasteiger charge is 2.06. The van der Waals surface area contributed by atoms with Crippen LogP contribution in [0.25, 0.3) is 10.9 Å². The maximum atomic E-state index is 10.9. The molecule has 2 aromatic carbocycles. The van der Waals surface area contributed by atoms with Gasteiger partial charge >= 0.3 is 0 Å². The predicted molar refractivity (Wildman–Crippen MR) is 78.0 cm³/mol. The highest BCUT2D eigenvalue weighted by molar-refractivity contribution is 5.90. The lowest BCUT2D eigenvalue weighted by Crippen LogP contribution is -1.95. The Morgan fingerprint density at radius 3 is 2.70 bits per heavy atom. The summed E-state index contributed by atoms with van der Waals surface area (Å²) in [6, 6.07) is 17.0. The maximum absolute atomic E-state index is 10.9. The molecule has 0 bridgehead atoms. The van der Waals surface area contributed by atoms with E-state index in [1.807, 2.05) is 48.5 Å². The highest BCUT2D eigenvalue weighted by atomic mass is 16.5. The molecule has 0 amide bonds. The molecule has 0 atom stereocenters. The van der Waals surface area contributed by atoms with Gasteiger partial charge in [-0.3, -0.25) is 4.98 Å². The monoisotopic (exact) mass is 264 g/mol. The summed E-state index contributed by atoms with van der Waals surface area (Å²) in [7, 11) is 0. The molecular formula is C16H12N2O2. The Kier molecular flexibility index (Phi) is 3.37. The van der Waals surface area contributed by atoms with Crippen molar-refractivity contribution in [2.75, 3.05) is 0 Å². The fourth-order valence-corrected chi connectivity index (χ4v) is 2.04. The summed E-state index contributed by atoms with van der Waals surface area (Å²) in [4.78, 5) is 15.1. The molecule has 98 valence electrons. The van der Waals surface area contributed by atoms with Crippen molar-refractivity contribution in [2.24, 2.45) is 5.18 Å². The van der Waals surface area contributed by atoms with Crippen molar-refractivity contribution in [1.82, 2.24) is 4.98 Å². The number of nitrogens with zero attached hydrogens (tertiary/aromatic N) is 2. The number of pyridine rings is 1. The Labute approximate surface area is 116 Å². The molecule has 1 aromatic heterocycles. The van der Waals surface area contributed by atoms with Crippen molar-refractivity contribution in [3.8, 4) is 5.75 Å². The predicted octanol–water partition coefficient (Wildman–Crippen LogP) is 4.21. The first-order valence-corrected chi connectivity index (χ1v) is 6.26. The topological polar surface area (TPSA) is 51.5 Å². The van der Waals surface area contributed by atoms with E-state index in [1.54, 1.807) is 12.3 Å². The Bertz CT molecular complexity index is 742. The summed E-state index contributed by atoms with van der Waals surface area (Å²) in [6.45, 7) is 0.449. The third-order valence-electron chi connectivity index (χ3n) is 3.00. The second-order valence-corrected chi connectivity index (χ2v) is 4.38. The fraction of sp³-hybridized carbons (Fsp3) is 0.0625. The highest BCUT2D eigenvalue weighted by Crippen LogP contribution is 2.30. The zero-order chi connectivity index (χ0) is 13.8. The van der Waals surface area contributed by atoms with Gasteiger partial charge in [0.25, 0.3) is 0 Å². The first-order chi connectivity index (χ1) is 9.86. The quantitative estimate of drug-likeness (QED) is 0.663. The molecule has 0 fully saturated rings. The van der Waals surface area contributed by atoms with E-state index < -0.39 is 0 Å². The summed E-state index contributed by atoms with van der Waals surface area (Å²) in [5.41, 5.74) is 1.96. The zero-order valence-electron chi connectivity index (χ0n) is 10.7. The summed E-state index contributed by atoms with van der Waals surface area (Å²) in [5, 5.41) is 3.86. The molecule has 20 heavy (non-hydrogen) atoms. The van der Waals surface area contributed by atoms with E-state index in [0.29, 0.717) is 23.6 Å². The van der Waals surface area contributed by atoms with Crippen LogP contribution >= 0.6 is 0 Å². The van der Waals surface area contributed by atoms with Crippen LogP contribution in [0.1, 0.15) is 5.56 Å². The lowest BCUT2D eigenvalue weighted by molar-refractivity contribution is 0.307. The van der Waals surface area contributed by atoms with Crippen molar-refractivity contribution in [3.05, 3.63) is 71.3 Å². The molecule has 0 aliphatic carbocycles. The van der Waals surface area contributed by atoms with Crippen LogP contribution in [-0.4, -0.2) is 4.98 Å². The second kappa shape index (κ2) is 5.48. The Morgan fingerprint density at radius 1 is 1.05 bits per heavy atom. The minimum atomic E-state index is 0.297. The number of ether oxygens (including phenoxy) is 1. The van der Waals surface area contributed by atoms with Crippen molar-refractivity contribution < 1.29 is 4.74 Å². The van der Waals surface area contributed by atoms with Gasteiger partial charge in [-0.2, -0.15) is 0 Å². The summed E-state index contributed by atoms with van der Waals surface area (Å²) in [6.07, 6.45) is 1.64. The molecule has 0 saturated carbocycles. The van der Waals surface area contributed by atoms with Crippen molar-refractivity contribution in [2.45, 2.75) is 6.61 Å². The van der Waals surface area contributed by atoms with Crippen LogP contribution in [0, 0.1) is 4.91 Å². The average molecular weight is 264 g/mol. The summed E-state index contributed by atoms with van der Waals surface area (Å²) < 4.78 is 5.72. The Hall–Kier alpha value is -2.75. The normalized spacial score (nSPS) is 10.4. The number of aromatic nitrogens is 1. The smallest absolute Gasteiger partial charge is 0.137 e. The molecular weight excluding hydrogens is 252 g/mol. The van der Waals surface area contributed by atoms with Gasteiger partial charge in [0.2, 0.25) is 0 Å². The van der Waals surface area contributed by atoms with Gasteiger partial charge in [0.05, 0.1) is 5.52 Å². The maximum Gasteiger partial charge on any atom is 0.137 e. The molecule has 0 N–H and O–H groups in total. The molecule has 0 radical (unpaired) electrons. The number of hydrogen-bond donors (Lipinski definition) is 0. The number of benzene rings is 2. The van der Waals surface area contributed by atoms with Crippen LogP contribution in [0.3, 0.4) is 0 Å². The van der Waals surface area contributed by atoms with Crippen LogP contribution in [0.4, 0.5) is 5.69 Å². The summed E-state index contributed by atoms with van der Waals surface area (Å²) in [5.74, 6) is 0.615. The van der Waals surface area contributed by atoms with E-state index >= 15 is 0 Å². The van der Waals surface area contributed by atoms with Crippen LogP contribution in [0.5, 0.6) is 5.75 Å². The van der Waals surface area contributed by atoms with Gasteiger partial charge in [-0.25, -0.2) is 0 Å². The Morgan fingerprint density at radius 2 is 1.90 bits per heavy atom. The van der Waals surface area contributed by atoms with E-state index in [2.05, 4.69) is 10.2 Å². The molecule has 0 aliphatic heterocycles. The Balaban J connectivity index is 1.90. The fourth-order valence-electron chi connectivity index (χ4n) is 2.04. The van der Waals surface area contributed by atoms with Gasteiger partial charge in [0.15, 0.2) is 0 Å². The molecule has 0 aliphatic rings. The molecule has 4 heteroatoms. The largest absolute Gasteiger partial charge is 0.489 e.